The summed E-state index contributed by atoms with van der Waals surface area (Å²) in [6.45, 7) is 0.320. The number of aryl methyl sites for hydroxylation is 1. The fourth-order valence-corrected chi connectivity index (χ4v) is 3.26. The Morgan fingerprint density at radius 1 is 1.29 bits per heavy atom. The van der Waals surface area contributed by atoms with Gasteiger partial charge in [-0.25, -0.2) is 19.2 Å². The molecule has 0 radical (unpaired) electrons. The first-order chi connectivity index (χ1) is 11.6. The van der Waals surface area contributed by atoms with E-state index < -0.39 is 11.8 Å². The molecule has 1 aliphatic heterocycles. The zero-order valence-corrected chi connectivity index (χ0v) is 13.6. The van der Waals surface area contributed by atoms with Crippen LogP contribution in [0, 0.1) is 0 Å². The minimum atomic E-state index is -1.34. The van der Waals surface area contributed by atoms with Gasteiger partial charge in [0.15, 0.2) is 5.65 Å². The molecule has 1 fully saturated rings. The van der Waals surface area contributed by atoms with Crippen LogP contribution in [0.15, 0.2) is 30.5 Å². The smallest absolute Gasteiger partial charge is 0.407 e. The van der Waals surface area contributed by atoms with Gasteiger partial charge in [-0.3, -0.25) is 0 Å². The van der Waals surface area contributed by atoms with E-state index in [0.717, 1.165) is 42.4 Å². The maximum atomic E-state index is 14.5. The van der Waals surface area contributed by atoms with E-state index in [-0.39, 0.29) is 6.54 Å². The van der Waals surface area contributed by atoms with E-state index >= 15 is 0 Å². The van der Waals surface area contributed by atoms with Gasteiger partial charge in [0.05, 0.1) is 6.54 Å². The molecule has 0 aliphatic carbocycles. The molecule has 3 rings (SSSR count). The average molecular weight is 331 g/mol. The lowest BCUT2D eigenvalue weighted by Crippen LogP contribution is -2.32. The van der Waals surface area contributed by atoms with Gasteiger partial charge in [0.2, 0.25) is 0 Å². The number of pyridine rings is 2. The highest BCUT2D eigenvalue weighted by Crippen LogP contribution is 2.31. The minimum Gasteiger partial charge on any atom is -0.465 e. The van der Waals surface area contributed by atoms with Crippen LogP contribution >= 0.6 is 0 Å². The standard InChI is InChI=1S/C18H22FN3O2/c19-18(10-12-22(13-18)17(23)24)9-3-1-2-6-15-8-7-14-5-4-11-20-16(14)21-15/h4-5,7-8,11H,1-3,6,9-10,12-13H2,(H,23,24). The van der Waals surface area contributed by atoms with Crippen LogP contribution in [-0.4, -0.2) is 44.8 Å². The van der Waals surface area contributed by atoms with Crippen LogP contribution in [0.1, 0.15) is 37.8 Å². The van der Waals surface area contributed by atoms with Gasteiger partial charge in [0.25, 0.3) is 0 Å². The molecular weight excluding hydrogens is 309 g/mol. The van der Waals surface area contributed by atoms with E-state index in [1.165, 1.54) is 4.90 Å². The fraction of sp³-hybridized carbons (Fsp3) is 0.500. The topological polar surface area (TPSA) is 66.3 Å². The van der Waals surface area contributed by atoms with E-state index in [4.69, 9.17) is 5.11 Å². The number of hydrogen-bond donors (Lipinski definition) is 1. The van der Waals surface area contributed by atoms with Gasteiger partial charge in [-0.2, -0.15) is 0 Å². The number of aromatic nitrogens is 2. The minimum absolute atomic E-state index is 0.0141. The highest BCUT2D eigenvalue weighted by molar-refractivity contribution is 5.74. The molecule has 0 bridgehead atoms. The third kappa shape index (κ3) is 3.99. The van der Waals surface area contributed by atoms with E-state index in [9.17, 15) is 9.18 Å². The van der Waals surface area contributed by atoms with Gasteiger partial charge in [0.1, 0.15) is 5.67 Å². The summed E-state index contributed by atoms with van der Waals surface area (Å²) in [5, 5.41) is 9.94. The monoisotopic (exact) mass is 331 g/mol. The van der Waals surface area contributed by atoms with Crippen LogP contribution in [0.4, 0.5) is 9.18 Å². The predicted octanol–water partition coefficient (Wildman–Crippen LogP) is 3.82. The second kappa shape index (κ2) is 7.11. The van der Waals surface area contributed by atoms with Crippen LogP contribution in [0.2, 0.25) is 0 Å². The Bertz CT molecular complexity index is 724. The number of carbonyl (C=O) groups is 1. The molecule has 128 valence electrons. The number of hydrogen-bond acceptors (Lipinski definition) is 3. The number of amides is 1. The van der Waals surface area contributed by atoms with Crippen molar-refractivity contribution < 1.29 is 14.3 Å². The molecule has 24 heavy (non-hydrogen) atoms. The summed E-state index contributed by atoms with van der Waals surface area (Å²) in [6.07, 6.45) is 4.96. The third-order valence-electron chi connectivity index (χ3n) is 4.65. The summed E-state index contributed by atoms with van der Waals surface area (Å²) < 4.78 is 14.5. The van der Waals surface area contributed by atoms with Crippen LogP contribution in [-0.2, 0) is 6.42 Å². The number of likely N-dealkylation sites (tertiary alicyclic amines) is 1. The molecule has 1 saturated heterocycles. The number of fused-ring (bicyclic) bond motifs is 1. The molecule has 5 nitrogen and oxygen atoms in total. The van der Waals surface area contributed by atoms with E-state index in [2.05, 4.69) is 9.97 Å². The summed E-state index contributed by atoms with van der Waals surface area (Å²) in [4.78, 5) is 20.8. The molecule has 1 N–H and O–H groups in total. The normalized spacial score (nSPS) is 20.6. The van der Waals surface area contributed by atoms with E-state index in [0.29, 0.717) is 19.4 Å². The van der Waals surface area contributed by atoms with Crippen LogP contribution in [0.3, 0.4) is 0 Å². The number of unbranched alkanes of at least 4 members (excludes halogenated alkanes) is 2. The van der Waals surface area contributed by atoms with Gasteiger partial charge < -0.3 is 10.0 Å². The molecule has 1 atom stereocenters. The highest BCUT2D eigenvalue weighted by Gasteiger charge is 2.39. The van der Waals surface area contributed by atoms with Crippen LogP contribution in [0.5, 0.6) is 0 Å². The molecule has 0 spiro atoms. The maximum Gasteiger partial charge on any atom is 0.407 e. The lowest BCUT2D eigenvalue weighted by molar-refractivity contribution is 0.127. The van der Waals surface area contributed by atoms with E-state index in [1.54, 1.807) is 6.20 Å². The van der Waals surface area contributed by atoms with Crippen molar-refractivity contribution in [3.8, 4) is 0 Å². The Labute approximate surface area is 140 Å². The van der Waals surface area contributed by atoms with Crippen molar-refractivity contribution in [2.24, 2.45) is 0 Å². The summed E-state index contributed by atoms with van der Waals surface area (Å²) >= 11 is 0. The fourth-order valence-electron chi connectivity index (χ4n) is 3.26. The lowest BCUT2D eigenvalue weighted by Gasteiger charge is -2.19. The Morgan fingerprint density at radius 3 is 2.96 bits per heavy atom. The summed E-state index contributed by atoms with van der Waals surface area (Å²) in [6, 6.07) is 7.93. The first-order valence-electron chi connectivity index (χ1n) is 8.43. The predicted molar refractivity (Wildman–Crippen MR) is 89.8 cm³/mol. The highest BCUT2D eigenvalue weighted by atomic mass is 19.1. The molecule has 0 aromatic carbocycles. The third-order valence-corrected chi connectivity index (χ3v) is 4.65. The largest absolute Gasteiger partial charge is 0.465 e. The number of rotatable bonds is 6. The number of alkyl halides is 1. The molecule has 6 heteroatoms. The average Bonchev–Trinajstić information content (AvgIpc) is 2.97. The number of carboxylic acid groups (broad SMARTS) is 1. The van der Waals surface area contributed by atoms with Crippen molar-refractivity contribution in [1.29, 1.82) is 0 Å². The molecular formula is C18H22FN3O2. The zero-order chi connectivity index (χ0) is 17.0. The van der Waals surface area contributed by atoms with Crippen LogP contribution < -0.4 is 0 Å². The second-order valence-corrected chi connectivity index (χ2v) is 6.52. The first-order valence-corrected chi connectivity index (χ1v) is 8.43. The quantitative estimate of drug-likeness (QED) is 0.817. The van der Waals surface area contributed by atoms with Crippen molar-refractivity contribution in [2.45, 2.75) is 44.2 Å². The number of nitrogens with zero attached hydrogens (tertiary/aromatic N) is 3. The Balaban J connectivity index is 1.41. The first kappa shape index (κ1) is 16.6. The SMILES string of the molecule is O=C(O)N1CCC(F)(CCCCCc2ccc3cccnc3n2)C1. The van der Waals surface area contributed by atoms with Gasteiger partial charge >= 0.3 is 6.09 Å². The molecule has 2 aromatic rings. The van der Waals surface area contributed by atoms with Gasteiger partial charge in [0, 0.05) is 30.2 Å². The summed E-state index contributed by atoms with van der Waals surface area (Å²) in [5.41, 5.74) is 0.426. The maximum absolute atomic E-state index is 14.5. The van der Waals surface area contributed by atoms with Crippen molar-refractivity contribution >= 4 is 17.1 Å². The Morgan fingerprint density at radius 2 is 2.17 bits per heavy atom. The molecule has 1 aliphatic rings. The van der Waals surface area contributed by atoms with Crippen LogP contribution in [0.25, 0.3) is 11.0 Å². The molecule has 0 saturated carbocycles. The molecule has 2 aromatic heterocycles. The molecule has 1 unspecified atom stereocenters. The van der Waals surface area contributed by atoms with E-state index in [1.807, 2.05) is 24.3 Å². The van der Waals surface area contributed by atoms with Crippen molar-refractivity contribution in [3.63, 3.8) is 0 Å². The van der Waals surface area contributed by atoms with Gasteiger partial charge in [-0.1, -0.05) is 12.8 Å². The Kier molecular flexibility index (Phi) is 4.92. The summed E-state index contributed by atoms with van der Waals surface area (Å²) in [7, 11) is 0. The number of halogens is 1. The second-order valence-electron chi connectivity index (χ2n) is 6.52. The van der Waals surface area contributed by atoms with Crippen molar-refractivity contribution in [2.75, 3.05) is 13.1 Å². The summed E-state index contributed by atoms with van der Waals surface area (Å²) in [5.74, 6) is 0. The molecule has 1 amide bonds. The lowest BCUT2D eigenvalue weighted by atomic mass is 9.96. The van der Waals surface area contributed by atoms with Gasteiger partial charge in [-0.15, -0.1) is 0 Å². The zero-order valence-electron chi connectivity index (χ0n) is 13.6. The Hall–Kier alpha value is -2.24. The van der Waals surface area contributed by atoms with Crippen molar-refractivity contribution in [3.05, 3.63) is 36.2 Å². The van der Waals surface area contributed by atoms with Crippen molar-refractivity contribution in [1.82, 2.24) is 14.9 Å². The molecule has 3 heterocycles. The van der Waals surface area contributed by atoms with Gasteiger partial charge in [-0.05, 0) is 43.5 Å².